The second-order valence-electron chi connectivity index (χ2n) is 6.49. The number of nitrogens with one attached hydrogen (secondary N) is 1. The van der Waals surface area contributed by atoms with E-state index < -0.39 is 0 Å². The predicted octanol–water partition coefficient (Wildman–Crippen LogP) is 2.20. The smallest absolute Gasteiger partial charge is 0.409 e. The van der Waals surface area contributed by atoms with Crippen molar-refractivity contribution in [1.29, 1.82) is 0 Å². The minimum atomic E-state index is -0.228. The Morgan fingerprint density at radius 2 is 2.04 bits per heavy atom. The number of aliphatic imine (C=N–C) groups is 1. The summed E-state index contributed by atoms with van der Waals surface area (Å²) in [5.41, 5.74) is 0. The monoisotopic (exact) mass is 350 g/mol. The van der Waals surface area contributed by atoms with Crippen LogP contribution in [0, 0.1) is 5.92 Å². The van der Waals surface area contributed by atoms with Crippen molar-refractivity contribution in [2.45, 2.75) is 27.2 Å². The highest BCUT2D eigenvalue weighted by atomic mass is 16.6. The number of guanidine groups is 1. The number of carbonyl (C=O) groups excluding carboxylic acids is 1. The summed E-state index contributed by atoms with van der Waals surface area (Å²) in [6.45, 7) is 10.9. The lowest BCUT2D eigenvalue weighted by Gasteiger charge is -2.36. The lowest BCUT2D eigenvalue weighted by molar-refractivity contribution is 0.0914. The first-order valence-electron chi connectivity index (χ1n) is 9.07. The molecule has 2 heterocycles. The summed E-state index contributed by atoms with van der Waals surface area (Å²) in [6.07, 6.45) is 2.28. The van der Waals surface area contributed by atoms with Gasteiger partial charge < -0.3 is 24.3 Å². The van der Waals surface area contributed by atoms with Crippen LogP contribution in [0.25, 0.3) is 0 Å². The lowest BCUT2D eigenvalue weighted by Crippen LogP contribution is -2.54. The Hall–Kier alpha value is -2.18. The van der Waals surface area contributed by atoms with Gasteiger partial charge in [0.2, 0.25) is 0 Å². The highest BCUT2D eigenvalue weighted by Crippen LogP contribution is 2.06. The molecule has 0 radical (unpaired) electrons. The van der Waals surface area contributed by atoms with E-state index in [9.17, 15) is 4.79 Å². The number of carbonyl (C=O) groups is 1. The van der Waals surface area contributed by atoms with E-state index in [0.717, 1.165) is 44.3 Å². The Labute approximate surface area is 150 Å². The molecule has 25 heavy (non-hydrogen) atoms. The van der Waals surface area contributed by atoms with Crippen LogP contribution in [0.1, 0.15) is 26.5 Å². The Morgan fingerprint density at radius 3 is 2.64 bits per heavy atom. The van der Waals surface area contributed by atoms with Gasteiger partial charge in [0.05, 0.1) is 12.9 Å². The van der Waals surface area contributed by atoms with Gasteiger partial charge >= 0.3 is 6.09 Å². The molecular weight excluding hydrogens is 320 g/mol. The van der Waals surface area contributed by atoms with E-state index in [0.29, 0.717) is 25.6 Å². The number of hydrogen-bond donors (Lipinski definition) is 1. The summed E-state index contributed by atoms with van der Waals surface area (Å²) in [6, 6.07) is 3.88. The molecule has 0 bridgehead atoms. The molecule has 2 rings (SSSR count). The third kappa shape index (κ3) is 6.32. The van der Waals surface area contributed by atoms with Crippen molar-refractivity contribution < 1.29 is 13.9 Å². The van der Waals surface area contributed by atoms with Crippen LogP contribution in [-0.4, -0.2) is 67.7 Å². The molecule has 1 amide bonds. The fraction of sp³-hybridized carbons (Fsp3) is 0.667. The molecule has 0 aromatic carbocycles. The number of nitrogens with zero attached hydrogens (tertiary/aromatic N) is 3. The average molecular weight is 350 g/mol. The maximum absolute atomic E-state index is 11.8. The Kier molecular flexibility index (Phi) is 7.63. The van der Waals surface area contributed by atoms with Gasteiger partial charge in [-0.15, -0.1) is 0 Å². The van der Waals surface area contributed by atoms with Crippen molar-refractivity contribution in [2.24, 2.45) is 10.9 Å². The van der Waals surface area contributed by atoms with Crippen LogP contribution in [0.5, 0.6) is 0 Å². The maximum atomic E-state index is 11.8. The summed E-state index contributed by atoms with van der Waals surface area (Å²) < 4.78 is 10.4. The van der Waals surface area contributed by atoms with Crippen LogP contribution >= 0.6 is 0 Å². The molecular formula is C18H30N4O3. The zero-order valence-electron chi connectivity index (χ0n) is 15.5. The van der Waals surface area contributed by atoms with Crippen molar-refractivity contribution >= 4 is 12.1 Å². The predicted molar refractivity (Wildman–Crippen MR) is 97.7 cm³/mol. The van der Waals surface area contributed by atoms with Crippen LogP contribution < -0.4 is 5.32 Å². The van der Waals surface area contributed by atoms with E-state index >= 15 is 0 Å². The Balaban J connectivity index is 1.87. The molecule has 1 aromatic heterocycles. The molecule has 1 N–H and O–H groups in total. The number of piperazine rings is 1. The van der Waals surface area contributed by atoms with Crippen molar-refractivity contribution in [1.82, 2.24) is 15.1 Å². The van der Waals surface area contributed by atoms with Gasteiger partial charge in [0.1, 0.15) is 5.76 Å². The molecule has 1 aliphatic heterocycles. The molecule has 1 aromatic rings. The van der Waals surface area contributed by atoms with Gasteiger partial charge in [-0.1, -0.05) is 13.8 Å². The summed E-state index contributed by atoms with van der Waals surface area (Å²) in [5.74, 6) is 2.37. The lowest BCUT2D eigenvalue weighted by atomic mass is 10.2. The van der Waals surface area contributed by atoms with E-state index in [4.69, 9.17) is 14.1 Å². The Bertz CT molecular complexity index is 535. The minimum absolute atomic E-state index is 0.228. The minimum Gasteiger partial charge on any atom is -0.469 e. The molecule has 0 atom stereocenters. The first kappa shape index (κ1) is 19.1. The molecule has 7 nitrogen and oxygen atoms in total. The first-order valence-corrected chi connectivity index (χ1v) is 9.07. The molecule has 1 aliphatic rings. The first-order chi connectivity index (χ1) is 12.1. The highest BCUT2D eigenvalue weighted by molar-refractivity contribution is 5.80. The fourth-order valence-corrected chi connectivity index (χ4v) is 2.60. The topological polar surface area (TPSA) is 70.3 Å². The molecule has 0 saturated carbocycles. The summed E-state index contributed by atoms with van der Waals surface area (Å²) in [7, 11) is 0. The molecule has 0 unspecified atom stereocenters. The van der Waals surface area contributed by atoms with Crippen molar-refractivity contribution in [3.63, 3.8) is 0 Å². The number of amides is 1. The van der Waals surface area contributed by atoms with Gasteiger partial charge in [0.15, 0.2) is 5.96 Å². The number of rotatable bonds is 6. The Morgan fingerprint density at radius 1 is 1.32 bits per heavy atom. The molecule has 0 spiro atoms. The third-order valence-corrected chi connectivity index (χ3v) is 3.95. The normalized spacial score (nSPS) is 15.6. The van der Waals surface area contributed by atoms with E-state index in [1.165, 1.54) is 0 Å². The zero-order chi connectivity index (χ0) is 18.1. The molecule has 1 fully saturated rings. The van der Waals surface area contributed by atoms with E-state index in [2.05, 4.69) is 24.1 Å². The van der Waals surface area contributed by atoms with Crippen LogP contribution in [0.2, 0.25) is 0 Å². The number of hydrogen-bond acceptors (Lipinski definition) is 4. The molecule has 0 aliphatic carbocycles. The highest BCUT2D eigenvalue weighted by Gasteiger charge is 2.23. The van der Waals surface area contributed by atoms with Gasteiger partial charge in [-0.2, -0.15) is 0 Å². The van der Waals surface area contributed by atoms with E-state index in [1.807, 2.05) is 19.1 Å². The number of furan rings is 1. The standard InChI is InChI=1S/C18H30N4O3/c1-4-24-18(23)22-11-9-21(10-12-22)17(20-14-15(2)3)19-8-7-16-6-5-13-25-16/h5-6,13,15H,4,7-12,14H2,1-3H3,(H,19,20). The zero-order valence-corrected chi connectivity index (χ0v) is 15.5. The number of ether oxygens (including phenoxy) is 1. The van der Waals surface area contributed by atoms with Crippen LogP contribution in [0.15, 0.2) is 27.8 Å². The second kappa shape index (κ2) is 9.96. The van der Waals surface area contributed by atoms with Crippen LogP contribution in [0.4, 0.5) is 4.79 Å². The fourth-order valence-electron chi connectivity index (χ4n) is 2.60. The van der Waals surface area contributed by atoms with Crippen molar-refractivity contribution in [2.75, 3.05) is 45.9 Å². The van der Waals surface area contributed by atoms with Crippen molar-refractivity contribution in [3.05, 3.63) is 24.2 Å². The quantitative estimate of drug-likeness (QED) is 0.629. The molecule has 7 heteroatoms. The van der Waals surface area contributed by atoms with Gasteiger partial charge in [-0.25, -0.2) is 4.79 Å². The van der Waals surface area contributed by atoms with Gasteiger partial charge in [0.25, 0.3) is 0 Å². The summed E-state index contributed by atoms with van der Waals surface area (Å²) in [4.78, 5) is 20.5. The second-order valence-corrected chi connectivity index (χ2v) is 6.49. The average Bonchev–Trinajstić information content (AvgIpc) is 3.11. The third-order valence-electron chi connectivity index (χ3n) is 3.95. The van der Waals surface area contributed by atoms with Crippen LogP contribution in [0.3, 0.4) is 0 Å². The van der Waals surface area contributed by atoms with Crippen LogP contribution in [-0.2, 0) is 11.2 Å². The van der Waals surface area contributed by atoms with Gasteiger partial charge in [0, 0.05) is 45.7 Å². The van der Waals surface area contributed by atoms with Gasteiger partial charge in [-0.05, 0) is 25.0 Å². The van der Waals surface area contributed by atoms with Gasteiger partial charge in [-0.3, -0.25) is 4.99 Å². The SMILES string of the molecule is CCOC(=O)N1CCN(C(=NCC(C)C)NCCc2ccco2)CC1. The largest absolute Gasteiger partial charge is 0.469 e. The summed E-state index contributed by atoms with van der Waals surface area (Å²) >= 11 is 0. The van der Waals surface area contributed by atoms with Crippen molar-refractivity contribution in [3.8, 4) is 0 Å². The van der Waals surface area contributed by atoms with E-state index in [-0.39, 0.29) is 6.09 Å². The maximum Gasteiger partial charge on any atom is 0.409 e. The molecule has 140 valence electrons. The van der Waals surface area contributed by atoms with E-state index in [1.54, 1.807) is 11.2 Å². The molecule has 1 saturated heterocycles. The summed E-state index contributed by atoms with van der Waals surface area (Å²) in [5, 5.41) is 3.43.